The van der Waals surface area contributed by atoms with E-state index in [4.69, 9.17) is 0 Å². The third-order valence-electron chi connectivity index (χ3n) is 3.98. The summed E-state index contributed by atoms with van der Waals surface area (Å²) in [4.78, 5) is 50.2. The summed E-state index contributed by atoms with van der Waals surface area (Å²) < 4.78 is 0. The topological polar surface area (TPSA) is 71.5 Å². The second kappa shape index (κ2) is 4.58. The fourth-order valence-electron chi connectivity index (χ4n) is 2.95. The second-order valence-electron chi connectivity index (χ2n) is 5.25. The Morgan fingerprint density at radius 3 is 1.83 bits per heavy atom. The number of nitrogens with zero attached hydrogens (tertiary/aromatic N) is 1. The van der Waals surface area contributed by atoms with Crippen molar-refractivity contribution in [3.05, 3.63) is 76.9 Å². The monoisotopic (exact) mass is 303 g/mol. The highest BCUT2D eigenvalue weighted by atomic mass is 16.2. The van der Waals surface area contributed by atoms with Crippen LogP contribution in [0.5, 0.6) is 0 Å². The number of ketones is 2. The van der Waals surface area contributed by atoms with E-state index in [0.29, 0.717) is 5.56 Å². The van der Waals surface area contributed by atoms with Crippen LogP contribution in [0.1, 0.15) is 31.8 Å². The zero-order chi connectivity index (χ0) is 16.1. The minimum Gasteiger partial charge on any atom is -0.289 e. The predicted octanol–water partition coefficient (Wildman–Crippen LogP) is 1.89. The summed E-state index contributed by atoms with van der Waals surface area (Å²) in [6.45, 7) is 0. The van der Waals surface area contributed by atoms with E-state index < -0.39 is 11.8 Å². The van der Waals surface area contributed by atoms with Gasteiger partial charge in [-0.15, -0.1) is 0 Å². The summed E-state index contributed by atoms with van der Waals surface area (Å²) in [7, 11) is 0. The van der Waals surface area contributed by atoms with Crippen molar-refractivity contribution in [2.75, 3.05) is 4.90 Å². The van der Waals surface area contributed by atoms with E-state index in [-0.39, 0.29) is 33.9 Å². The van der Waals surface area contributed by atoms with Crippen molar-refractivity contribution in [2.45, 2.75) is 0 Å². The smallest absolute Gasteiger partial charge is 0.258 e. The lowest BCUT2D eigenvalue weighted by Gasteiger charge is -2.23. The number of imide groups is 1. The summed E-state index contributed by atoms with van der Waals surface area (Å²) in [6, 6.07) is 11.1. The molecule has 4 rings (SSSR count). The van der Waals surface area contributed by atoms with Crippen LogP contribution in [0.2, 0.25) is 0 Å². The van der Waals surface area contributed by atoms with Crippen molar-refractivity contribution in [3.8, 4) is 0 Å². The van der Waals surface area contributed by atoms with Gasteiger partial charge in [-0.25, -0.2) is 4.90 Å². The van der Waals surface area contributed by atoms with Gasteiger partial charge in [0.1, 0.15) is 0 Å². The number of fused-ring (bicyclic) bond motifs is 2. The minimum atomic E-state index is -0.525. The molecule has 1 heterocycles. The van der Waals surface area contributed by atoms with E-state index in [2.05, 4.69) is 0 Å². The summed E-state index contributed by atoms with van der Waals surface area (Å²) >= 11 is 0. The number of hydrogen-bond acceptors (Lipinski definition) is 4. The summed E-state index contributed by atoms with van der Waals surface area (Å²) in [5.74, 6) is -1.70. The Morgan fingerprint density at radius 1 is 0.609 bits per heavy atom. The van der Waals surface area contributed by atoms with Crippen LogP contribution in [0.25, 0.3) is 0 Å². The predicted molar refractivity (Wildman–Crippen MR) is 81.4 cm³/mol. The van der Waals surface area contributed by atoms with Gasteiger partial charge >= 0.3 is 0 Å². The highest BCUT2D eigenvalue weighted by Gasteiger charge is 2.36. The number of amides is 2. The molecule has 1 aliphatic carbocycles. The standard InChI is InChI=1S/C18H9NO4/c20-14-8-9-15(21)19(14)13-7-3-6-12-16(13)18(23)11-5-2-1-4-10(11)17(12)22/h1-9H. The third-order valence-corrected chi connectivity index (χ3v) is 3.98. The van der Waals surface area contributed by atoms with Crippen molar-refractivity contribution in [3.63, 3.8) is 0 Å². The third kappa shape index (κ3) is 1.73. The second-order valence-corrected chi connectivity index (χ2v) is 5.25. The minimum absolute atomic E-state index is 0.0987. The number of carbonyl (C=O) groups is 4. The first-order valence-corrected chi connectivity index (χ1v) is 6.97. The largest absolute Gasteiger partial charge is 0.289 e. The average molecular weight is 303 g/mol. The first kappa shape index (κ1) is 13.3. The van der Waals surface area contributed by atoms with Crippen molar-refractivity contribution >= 4 is 29.1 Å². The van der Waals surface area contributed by atoms with Gasteiger partial charge in [-0.3, -0.25) is 19.2 Å². The van der Waals surface area contributed by atoms with E-state index in [1.54, 1.807) is 30.3 Å². The molecule has 0 atom stereocenters. The fraction of sp³-hybridized carbons (Fsp3) is 0. The Balaban J connectivity index is 1.98. The van der Waals surface area contributed by atoms with Gasteiger partial charge in [-0.05, 0) is 6.07 Å². The van der Waals surface area contributed by atoms with Crippen molar-refractivity contribution in [2.24, 2.45) is 0 Å². The van der Waals surface area contributed by atoms with Gasteiger partial charge in [-0.2, -0.15) is 0 Å². The molecular formula is C18H9NO4. The van der Waals surface area contributed by atoms with Crippen molar-refractivity contribution in [1.29, 1.82) is 0 Å². The van der Waals surface area contributed by atoms with E-state index in [1.807, 2.05) is 0 Å². The molecule has 0 unspecified atom stereocenters. The Hall–Kier alpha value is -3.34. The quantitative estimate of drug-likeness (QED) is 0.644. The van der Waals surface area contributed by atoms with Crippen LogP contribution in [0.15, 0.2) is 54.6 Å². The molecular weight excluding hydrogens is 294 g/mol. The van der Waals surface area contributed by atoms with Crippen LogP contribution in [0.4, 0.5) is 5.69 Å². The molecule has 2 aromatic rings. The fourth-order valence-corrected chi connectivity index (χ4v) is 2.95. The van der Waals surface area contributed by atoms with E-state index >= 15 is 0 Å². The Labute approximate surface area is 130 Å². The normalized spacial score (nSPS) is 15.9. The van der Waals surface area contributed by atoms with Crippen LogP contribution in [0.3, 0.4) is 0 Å². The van der Waals surface area contributed by atoms with E-state index in [1.165, 1.54) is 12.1 Å². The molecule has 0 fully saturated rings. The molecule has 23 heavy (non-hydrogen) atoms. The summed E-state index contributed by atoms with van der Waals surface area (Å²) in [5, 5.41) is 0. The van der Waals surface area contributed by atoms with Gasteiger partial charge in [0.05, 0.1) is 11.3 Å². The molecule has 110 valence electrons. The van der Waals surface area contributed by atoms with Crippen LogP contribution in [0, 0.1) is 0 Å². The van der Waals surface area contributed by atoms with Crippen LogP contribution in [-0.4, -0.2) is 23.4 Å². The molecule has 2 amide bonds. The summed E-state index contributed by atoms with van der Waals surface area (Å²) in [6.07, 6.45) is 2.29. The molecule has 1 aliphatic heterocycles. The van der Waals surface area contributed by atoms with E-state index in [0.717, 1.165) is 17.1 Å². The van der Waals surface area contributed by atoms with Gasteiger partial charge in [0.15, 0.2) is 11.6 Å². The maximum Gasteiger partial charge on any atom is 0.258 e. The number of benzene rings is 2. The zero-order valence-corrected chi connectivity index (χ0v) is 11.8. The number of carbonyl (C=O) groups excluding carboxylic acids is 4. The first-order chi connectivity index (χ1) is 11.1. The Kier molecular flexibility index (Phi) is 2.65. The Morgan fingerprint density at radius 2 is 1.17 bits per heavy atom. The van der Waals surface area contributed by atoms with Gasteiger partial charge in [-0.1, -0.05) is 36.4 Å². The SMILES string of the molecule is O=C1c2ccccc2C(=O)c2c1cccc2N1C(=O)C=CC1=O. The zero-order valence-electron chi connectivity index (χ0n) is 11.8. The Bertz CT molecular complexity index is 937. The van der Waals surface area contributed by atoms with Gasteiger partial charge in [0, 0.05) is 28.8 Å². The molecule has 0 radical (unpaired) electrons. The van der Waals surface area contributed by atoms with Crippen LogP contribution < -0.4 is 4.90 Å². The van der Waals surface area contributed by atoms with Gasteiger partial charge < -0.3 is 0 Å². The maximum absolute atomic E-state index is 12.8. The molecule has 5 heteroatoms. The average Bonchev–Trinajstić information content (AvgIpc) is 2.90. The van der Waals surface area contributed by atoms with Gasteiger partial charge in [0.2, 0.25) is 0 Å². The lowest BCUT2D eigenvalue weighted by molar-refractivity contribution is -0.119. The van der Waals surface area contributed by atoms with Crippen LogP contribution >= 0.6 is 0 Å². The summed E-state index contributed by atoms with van der Waals surface area (Å²) in [5.41, 5.74) is 1.07. The maximum atomic E-state index is 12.8. The molecule has 2 aliphatic rings. The number of hydrogen-bond donors (Lipinski definition) is 0. The highest BCUT2D eigenvalue weighted by Crippen LogP contribution is 2.34. The molecule has 5 nitrogen and oxygen atoms in total. The highest BCUT2D eigenvalue weighted by molar-refractivity contribution is 6.34. The molecule has 2 aromatic carbocycles. The van der Waals surface area contributed by atoms with Crippen molar-refractivity contribution < 1.29 is 19.2 Å². The first-order valence-electron chi connectivity index (χ1n) is 6.97. The molecule has 0 saturated heterocycles. The lowest BCUT2D eigenvalue weighted by atomic mass is 9.83. The molecule has 0 bridgehead atoms. The van der Waals surface area contributed by atoms with Crippen LogP contribution in [-0.2, 0) is 9.59 Å². The lowest BCUT2D eigenvalue weighted by Crippen LogP contribution is -2.33. The van der Waals surface area contributed by atoms with Crippen molar-refractivity contribution in [1.82, 2.24) is 0 Å². The number of rotatable bonds is 1. The van der Waals surface area contributed by atoms with E-state index in [9.17, 15) is 19.2 Å². The molecule has 0 saturated carbocycles. The van der Waals surface area contributed by atoms with Gasteiger partial charge in [0.25, 0.3) is 11.8 Å². The molecule has 0 aromatic heterocycles. The molecule has 0 spiro atoms. The number of anilines is 1. The molecule has 0 N–H and O–H groups in total.